The number of carbonyl (C=O) groups excluding carboxylic acids is 1. The quantitative estimate of drug-likeness (QED) is 0.643. The van der Waals surface area contributed by atoms with Crippen molar-refractivity contribution in [3.8, 4) is 0 Å². The van der Waals surface area contributed by atoms with Gasteiger partial charge in [0, 0.05) is 13.0 Å². The van der Waals surface area contributed by atoms with Gasteiger partial charge in [-0.15, -0.1) is 0 Å². The highest BCUT2D eigenvalue weighted by atomic mass is 16.6. The summed E-state index contributed by atoms with van der Waals surface area (Å²) in [6.45, 7) is 2.88. The van der Waals surface area contributed by atoms with Crippen molar-refractivity contribution in [3.05, 3.63) is 0 Å². The first kappa shape index (κ1) is 8.81. The average Bonchev–Trinajstić information content (AvgIpc) is 2.49. The topological polar surface area (TPSA) is 41.6 Å². The monoisotopic (exact) mass is 184 g/mol. The summed E-state index contributed by atoms with van der Waals surface area (Å²) in [7, 11) is 1.80. The van der Waals surface area contributed by atoms with E-state index >= 15 is 0 Å². The fourth-order valence-electron chi connectivity index (χ4n) is 2.06. The number of amides is 1. The zero-order chi connectivity index (χ0) is 9.26. The Bertz CT molecular complexity index is 202. The maximum Gasteiger partial charge on any atom is 0.409 e. The van der Waals surface area contributed by atoms with Gasteiger partial charge >= 0.3 is 6.09 Å². The molecule has 0 bridgehead atoms. The van der Waals surface area contributed by atoms with Gasteiger partial charge in [-0.05, 0) is 25.9 Å². The van der Waals surface area contributed by atoms with Crippen LogP contribution in [-0.4, -0.2) is 43.8 Å². The molecule has 0 unspecified atom stereocenters. The van der Waals surface area contributed by atoms with E-state index in [9.17, 15) is 4.79 Å². The third-order valence-electron chi connectivity index (χ3n) is 2.93. The van der Waals surface area contributed by atoms with Crippen molar-refractivity contribution in [2.45, 2.75) is 18.9 Å². The van der Waals surface area contributed by atoms with Gasteiger partial charge in [0.25, 0.3) is 0 Å². The van der Waals surface area contributed by atoms with Gasteiger partial charge in [0.2, 0.25) is 0 Å². The molecule has 4 heteroatoms. The molecule has 0 radical (unpaired) electrons. The first-order chi connectivity index (χ1) is 6.27. The summed E-state index contributed by atoms with van der Waals surface area (Å²) in [5, 5.41) is 3.31. The maximum absolute atomic E-state index is 11.1. The van der Waals surface area contributed by atoms with Crippen LogP contribution in [0.15, 0.2) is 0 Å². The molecule has 0 aromatic heterocycles. The molecule has 0 aromatic rings. The molecule has 2 aliphatic rings. The Morgan fingerprint density at radius 2 is 2.15 bits per heavy atom. The highest BCUT2D eigenvalue weighted by molar-refractivity contribution is 5.69. The molecule has 74 valence electrons. The zero-order valence-corrected chi connectivity index (χ0v) is 7.95. The second kappa shape index (κ2) is 3.54. The number of ether oxygens (including phenoxy) is 1. The third kappa shape index (κ3) is 1.77. The first-order valence-corrected chi connectivity index (χ1v) is 4.90. The first-order valence-electron chi connectivity index (χ1n) is 4.90. The van der Waals surface area contributed by atoms with E-state index in [1.165, 1.54) is 0 Å². The number of hydrogen-bond acceptors (Lipinski definition) is 3. The summed E-state index contributed by atoms with van der Waals surface area (Å²) in [6.07, 6.45) is 2.24. The van der Waals surface area contributed by atoms with E-state index in [0.29, 0.717) is 5.92 Å². The molecule has 13 heavy (non-hydrogen) atoms. The molecule has 0 saturated carbocycles. The van der Waals surface area contributed by atoms with E-state index in [0.717, 1.165) is 32.5 Å². The van der Waals surface area contributed by atoms with E-state index in [2.05, 4.69) is 5.32 Å². The van der Waals surface area contributed by atoms with Crippen LogP contribution in [0.25, 0.3) is 0 Å². The number of hydrogen-bond donors (Lipinski definition) is 1. The van der Waals surface area contributed by atoms with Crippen LogP contribution < -0.4 is 5.32 Å². The van der Waals surface area contributed by atoms with Gasteiger partial charge in [0.05, 0.1) is 6.54 Å². The van der Waals surface area contributed by atoms with Crippen LogP contribution in [0.2, 0.25) is 0 Å². The van der Waals surface area contributed by atoms with E-state index in [-0.39, 0.29) is 12.2 Å². The molecule has 2 rings (SSSR count). The summed E-state index contributed by atoms with van der Waals surface area (Å²) in [5.74, 6) is 0.565. The summed E-state index contributed by atoms with van der Waals surface area (Å²) in [5.41, 5.74) is 0. The van der Waals surface area contributed by atoms with E-state index in [1.807, 2.05) is 0 Å². The molecule has 2 fully saturated rings. The van der Waals surface area contributed by atoms with Gasteiger partial charge in [-0.25, -0.2) is 4.79 Å². The molecule has 0 aliphatic carbocycles. The van der Waals surface area contributed by atoms with Crippen LogP contribution in [-0.2, 0) is 4.74 Å². The molecule has 2 aliphatic heterocycles. The molecule has 2 saturated heterocycles. The number of likely N-dealkylation sites (N-methyl/N-ethyl adjacent to an activating group) is 1. The van der Waals surface area contributed by atoms with Crippen LogP contribution in [0.5, 0.6) is 0 Å². The predicted octanol–water partition coefficient (Wildman–Crippen LogP) is 0.437. The molecule has 4 nitrogen and oxygen atoms in total. The predicted molar refractivity (Wildman–Crippen MR) is 48.5 cm³/mol. The molecule has 1 amide bonds. The maximum atomic E-state index is 11.1. The minimum atomic E-state index is -0.163. The highest BCUT2D eigenvalue weighted by Crippen LogP contribution is 2.23. The zero-order valence-electron chi connectivity index (χ0n) is 7.95. The van der Waals surface area contributed by atoms with Crippen molar-refractivity contribution in [2.24, 2.45) is 5.92 Å². The molecule has 2 heterocycles. The van der Waals surface area contributed by atoms with Gasteiger partial charge in [0.1, 0.15) is 6.10 Å². The molecule has 1 N–H and O–H groups in total. The second-order valence-electron chi connectivity index (χ2n) is 3.89. The van der Waals surface area contributed by atoms with Crippen LogP contribution in [0.4, 0.5) is 4.79 Å². The Morgan fingerprint density at radius 3 is 2.69 bits per heavy atom. The largest absolute Gasteiger partial charge is 0.444 e. The fourth-order valence-corrected chi connectivity index (χ4v) is 2.06. The van der Waals surface area contributed by atoms with Crippen molar-refractivity contribution >= 4 is 6.09 Å². The smallest absolute Gasteiger partial charge is 0.409 e. The number of rotatable bonds is 1. The number of piperidine rings is 1. The summed E-state index contributed by atoms with van der Waals surface area (Å²) in [6, 6.07) is 0. The number of nitrogens with zero attached hydrogens (tertiary/aromatic N) is 1. The molecule has 0 spiro atoms. The molecule has 0 aromatic carbocycles. The fraction of sp³-hybridized carbons (Fsp3) is 0.889. The van der Waals surface area contributed by atoms with Gasteiger partial charge in [0.15, 0.2) is 0 Å². The van der Waals surface area contributed by atoms with Crippen LogP contribution in [0, 0.1) is 5.92 Å². The summed E-state index contributed by atoms with van der Waals surface area (Å²) < 4.78 is 5.27. The number of cyclic esters (lactones) is 1. The van der Waals surface area contributed by atoms with Crippen molar-refractivity contribution in [2.75, 3.05) is 26.7 Å². The van der Waals surface area contributed by atoms with Crippen molar-refractivity contribution in [1.82, 2.24) is 10.2 Å². The number of carbonyl (C=O) groups is 1. The Labute approximate surface area is 78.2 Å². The third-order valence-corrected chi connectivity index (χ3v) is 2.93. The van der Waals surface area contributed by atoms with Gasteiger partial charge in [-0.2, -0.15) is 0 Å². The van der Waals surface area contributed by atoms with Crippen molar-refractivity contribution < 1.29 is 9.53 Å². The lowest BCUT2D eigenvalue weighted by atomic mass is 9.92. The summed E-state index contributed by atoms with van der Waals surface area (Å²) in [4.78, 5) is 12.8. The minimum absolute atomic E-state index is 0.139. The lowest BCUT2D eigenvalue weighted by molar-refractivity contribution is 0.0908. The molecular weight excluding hydrogens is 168 g/mol. The minimum Gasteiger partial charge on any atom is -0.444 e. The van der Waals surface area contributed by atoms with Crippen LogP contribution in [0.3, 0.4) is 0 Å². The van der Waals surface area contributed by atoms with E-state index in [1.54, 1.807) is 11.9 Å². The highest BCUT2D eigenvalue weighted by Gasteiger charge is 2.34. The van der Waals surface area contributed by atoms with E-state index in [4.69, 9.17) is 4.74 Å². The van der Waals surface area contributed by atoms with Gasteiger partial charge in [-0.1, -0.05) is 0 Å². The Balaban J connectivity index is 1.90. The van der Waals surface area contributed by atoms with E-state index < -0.39 is 0 Å². The lowest BCUT2D eigenvalue weighted by Gasteiger charge is -2.26. The molecular formula is C9H16N2O2. The normalized spacial score (nSPS) is 30.7. The SMILES string of the molecule is CN1C[C@@H](C2CCNCC2)OC1=O. The van der Waals surface area contributed by atoms with Gasteiger partial charge in [-0.3, -0.25) is 0 Å². The Hall–Kier alpha value is -0.770. The average molecular weight is 184 g/mol. The standard InChI is InChI=1S/C9H16N2O2/c1-11-6-8(13-9(11)12)7-2-4-10-5-3-7/h7-8,10H,2-6H2,1H3/t8-/m0/s1. The van der Waals surface area contributed by atoms with Gasteiger partial charge < -0.3 is 15.0 Å². The van der Waals surface area contributed by atoms with Crippen LogP contribution in [0.1, 0.15) is 12.8 Å². The van der Waals surface area contributed by atoms with Crippen LogP contribution >= 0.6 is 0 Å². The number of nitrogens with one attached hydrogen (secondary N) is 1. The van der Waals surface area contributed by atoms with Crippen molar-refractivity contribution in [1.29, 1.82) is 0 Å². The summed E-state index contributed by atoms with van der Waals surface area (Å²) >= 11 is 0. The Morgan fingerprint density at radius 1 is 1.46 bits per heavy atom. The molecule has 1 atom stereocenters. The lowest BCUT2D eigenvalue weighted by Crippen LogP contribution is -2.35. The van der Waals surface area contributed by atoms with Crippen molar-refractivity contribution in [3.63, 3.8) is 0 Å². The second-order valence-corrected chi connectivity index (χ2v) is 3.89. The Kier molecular flexibility index (Phi) is 2.40.